The molecular weight excluding hydrogens is 250 g/mol. The molecule has 3 nitrogen and oxygen atoms in total. The van der Waals surface area contributed by atoms with Gasteiger partial charge in [0, 0.05) is 18.0 Å². The number of aromatic hydroxyl groups is 1. The second-order valence-corrected chi connectivity index (χ2v) is 4.97. The second-order valence-electron chi connectivity index (χ2n) is 4.66. The van der Waals surface area contributed by atoms with Crippen molar-refractivity contribution in [2.75, 3.05) is 12.4 Å². The van der Waals surface area contributed by atoms with Crippen LogP contribution in [0.1, 0.15) is 35.7 Å². The van der Waals surface area contributed by atoms with E-state index in [1.54, 1.807) is 19.1 Å². The van der Waals surface area contributed by atoms with Gasteiger partial charge in [-0.05, 0) is 43.4 Å². The van der Waals surface area contributed by atoms with Crippen molar-refractivity contribution in [3.63, 3.8) is 0 Å². The van der Waals surface area contributed by atoms with Crippen molar-refractivity contribution in [2.24, 2.45) is 5.92 Å². The Morgan fingerprint density at radius 2 is 2.22 bits per heavy atom. The third-order valence-electron chi connectivity index (χ3n) is 2.89. The second kappa shape index (κ2) is 7.27. The number of rotatable bonds is 6. The smallest absolute Gasteiger partial charge is 0.251 e. The number of benzene rings is 1. The molecular formula is C14H20ClNO2. The van der Waals surface area contributed by atoms with Gasteiger partial charge >= 0.3 is 0 Å². The molecule has 2 N–H and O–H groups in total. The van der Waals surface area contributed by atoms with Gasteiger partial charge in [-0.2, -0.15) is 0 Å². The molecule has 0 bridgehead atoms. The molecule has 0 saturated carbocycles. The molecule has 0 radical (unpaired) electrons. The van der Waals surface area contributed by atoms with Crippen LogP contribution >= 0.6 is 11.6 Å². The molecule has 100 valence electrons. The Bertz CT molecular complexity index is 407. The zero-order valence-corrected chi connectivity index (χ0v) is 11.6. The summed E-state index contributed by atoms with van der Waals surface area (Å²) >= 11 is 5.71. The summed E-state index contributed by atoms with van der Waals surface area (Å²) in [6.45, 7) is 4.52. The van der Waals surface area contributed by atoms with Crippen LogP contribution in [0.5, 0.6) is 5.75 Å². The van der Waals surface area contributed by atoms with E-state index >= 15 is 0 Å². The molecule has 4 heteroatoms. The molecule has 0 fully saturated rings. The summed E-state index contributed by atoms with van der Waals surface area (Å²) < 4.78 is 0. The molecule has 1 amide bonds. The summed E-state index contributed by atoms with van der Waals surface area (Å²) in [5.41, 5.74) is 1.26. The average molecular weight is 270 g/mol. The summed E-state index contributed by atoms with van der Waals surface area (Å²) in [4.78, 5) is 11.8. The summed E-state index contributed by atoms with van der Waals surface area (Å²) in [6.07, 6.45) is 1.92. The van der Waals surface area contributed by atoms with Crippen LogP contribution < -0.4 is 5.32 Å². The number of amides is 1. The fourth-order valence-corrected chi connectivity index (χ4v) is 1.74. The van der Waals surface area contributed by atoms with Crippen LogP contribution in [0.15, 0.2) is 18.2 Å². The summed E-state index contributed by atoms with van der Waals surface area (Å²) in [5, 5.41) is 12.4. The fraction of sp³-hybridized carbons (Fsp3) is 0.500. The van der Waals surface area contributed by atoms with E-state index in [9.17, 15) is 9.90 Å². The number of carbonyl (C=O) groups is 1. The van der Waals surface area contributed by atoms with Gasteiger partial charge in [0.2, 0.25) is 0 Å². The highest BCUT2D eigenvalue weighted by molar-refractivity contribution is 6.18. The molecule has 18 heavy (non-hydrogen) atoms. The number of hydrogen-bond donors (Lipinski definition) is 2. The van der Waals surface area contributed by atoms with Gasteiger partial charge in [0.25, 0.3) is 5.91 Å². The number of halogens is 1. The van der Waals surface area contributed by atoms with Gasteiger partial charge in [0.15, 0.2) is 0 Å². The van der Waals surface area contributed by atoms with Crippen LogP contribution in [0, 0.1) is 12.8 Å². The van der Waals surface area contributed by atoms with E-state index in [0.29, 0.717) is 23.9 Å². The van der Waals surface area contributed by atoms with Crippen LogP contribution in [0.2, 0.25) is 0 Å². The van der Waals surface area contributed by atoms with Gasteiger partial charge in [-0.3, -0.25) is 4.79 Å². The van der Waals surface area contributed by atoms with E-state index in [2.05, 4.69) is 12.2 Å². The van der Waals surface area contributed by atoms with Crippen molar-refractivity contribution in [1.82, 2.24) is 5.32 Å². The predicted octanol–water partition coefficient (Wildman–Crippen LogP) is 3.09. The van der Waals surface area contributed by atoms with Crippen LogP contribution in [0.25, 0.3) is 0 Å². The maximum Gasteiger partial charge on any atom is 0.251 e. The zero-order valence-electron chi connectivity index (χ0n) is 10.9. The average Bonchev–Trinajstić information content (AvgIpc) is 2.37. The maximum atomic E-state index is 11.8. The monoisotopic (exact) mass is 269 g/mol. The number of phenols is 1. The molecule has 1 atom stereocenters. The molecule has 0 aromatic heterocycles. The van der Waals surface area contributed by atoms with E-state index in [0.717, 1.165) is 18.4 Å². The lowest BCUT2D eigenvalue weighted by atomic mass is 10.1. The zero-order chi connectivity index (χ0) is 13.5. The van der Waals surface area contributed by atoms with Crippen molar-refractivity contribution in [3.05, 3.63) is 29.3 Å². The standard InChI is InChI=1S/C14H20ClNO2/c1-10(9-15)4-3-7-16-14(18)12-6-5-11(2)13(17)8-12/h5-6,8,10,17H,3-4,7,9H2,1-2H3,(H,16,18). The van der Waals surface area contributed by atoms with E-state index in [1.165, 1.54) is 6.07 Å². The van der Waals surface area contributed by atoms with Crippen LogP contribution in [-0.4, -0.2) is 23.4 Å². The van der Waals surface area contributed by atoms with Crippen LogP contribution in [-0.2, 0) is 0 Å². The fourth-order valence-electron chi connectivity index (χ4n) is 1.58. The van der Waals surface area contributed by atoms with E-state index in [-0.39, 0.29) is 11.7 Å². The summed E-state index contributed by atoms with van der Waals surface area (Å²) in [7, 11) is 0. The Balaban J connectivity index is 2.39. The van der Waals surface area contributed by atoms with Crippen molar-refractivity contribution in [3.8, 4) is 5.75 Å². The van der Waals surface area contributed by atoms with Crippen molar-refractivity contribution < 1.29 is 9.90 Å². The minimum atomic E-state index is -0.149. The van der Waals surface area contributed by atoms with Gasteiger partial charge in [0.1, 0.15) is 5.75 Å². The highest BCUT2D eigenvalue weighted by Gasteiger charge is 2.07. The van der Waals surface area contributed by atoms with Gasteiger partial charge < -0.3 is 10.4 Å². The number of alkyl halides is 1. The highest BCUT2D eigenvalue weighted by atomic mass is 35.5. The molecule has 0 spiro atoms. The van der Waals surface area contributed by atoms with Crippen molar-refractivity contribution >= 4 is 17.5 Å². The Morgan fingerprint density at radius 3 is 2.83 bits per heavy atom. The van der Waals surface area contributed by atoms with Crippen LogP contribution in [0.3, 0.4) is 0 Å². The molecule has 1 aromatic rings. The molecule has 0 aliphatic carbocycles. The number of phenolic OH excluding ortho intramolecular Hbond substituents is 1. The molecule has 0 aliphatic heterocycles. The highest BCUT2D eigenvalue weighted by Crippen LogP contribution is 2.17. The van der Waals surface area contributed by atoms with E-state index < -0.39 is 0 Å². The summed E-state index contributed by atoms with van der Waals surface area (Å²) in [6, 6.07) is 4.94. The van der Waals surface area contributed by atoms with Crippen molar-refractivity contribution in [2.45, 2.75) is 26.7 Å². The molecule has 1 aromatic carbocycles. The first-order valence-corrected chi connectivity index (χ1v) is 6.71. The quantitative estimate of drug-likeness (QED) is 0.616. The third kappa shape index (κ3) is 4.57. The van der Waals surface area contributed by atoms with Crippen LogP contribution in [0.4, 0.5) is 0 Å². The third-order valence-corrected chi connectivity index (χ3v) is 3.42. The molecule has 0 heterocycles. The Hall–Kier alpha value is -1.22. The number of hydrogen-bond acceptors (Lipinski definition) is 2. The Kier molecular flexibility index (Phi) is 5.99. The van der Waals surface area contributed by atoms with E-state index in [1.807, 2.05) is 0 Å². The first-order valence-electron chi connectivity index (χ1n) is 6.18. The first kappa shape index (κ1) is 14.8. The summed E-state index contributed by atoms with van der Waals surface area (Å²) in [5.74, 6) is 1.13. The minimum absolute atomic E-state index is 0.149. The lowest BCUT2D eigenvalue weighted by Gasteiger charge is -2.09. The van der Waals surface area contributed by atoms with Gasteiger partial charge in [-0.15, -0.1) is 11.6 Å². The SMILES string of the molecule is Cc1ccc(C(=O)NCCCC(C)CCl)cc1O. The maximum absolute atomic E-state index is 11.8. The van der Waals surface area contributed by atoms with E-state index in [4.69, 9.17) is 11.6 Å². The van der Waals surface area contributed by atoms with Gasteiger partial charge in [-0.25, -0.2) is 0 Å². The largest absolute Gasteiger partial charge is 0.508 e. The molecule has 0 aliphatic rings. The lowest BCUT2D eigenvalue weighted by Crippen LogP contribution is -2.24. The van der Waals surface area contributed by atoms with Gasteiger partial charge in [0.05, 0.1) is 0 Å². The minimum Gasteiger partial charge on any atom is -0.508 e. The Morgan fingerprint density at radius 1 is 1.50 bits per heavy atom. The topological polar surface area (TPSA) is 49.3 Å². The molecule has 1 rings (SSSR count). The number of carbonyl (C=O) groups excluding carboxylic acids is 1. The molecule has 0 saturated heterocycles. The first-order chi connectivity index (χ1) is 8.54. The lowest BCUT2D eigenvalue weighted by molar-refractivity contribution is 0.0952. The normalized spacial score (nSPS) is 12.2. The number of nitrogens with one attached hydrogen (secondary N) is 1. The predicted molar refractivity (Wildman–Crippen MR) is 74.3 cm³/mol. The van der Waals surface area contributed by atoms with Gasteiger partial charge in [-0.1, -0.05) is 13.0 Å². The molecule has 1 unspecified atom stereocenters. The number of aryl methyl sites for hydroxylation is 1. The van der Waals surface area contributed by atoms with Crippen molar-refractivity contribution in [1.29, 1.82) is 0 Å². The Labute approximate surface area is 113 Å².